The van der Waals surface area contributed by atoms with Crippen LogP contribution in [0.15, 0.2) is 60.0 Å². The molecule has 0 atom stereocenters. The predicted molar refractivity (Wildman–Crippen MR) is 108 cm³/mol. The Kier molecular flexibility index (Phi) is 6.62. The number of benzene rings is 2. The first-order valence-corrected chi connectivity index (χ1v) is 9.63. The highest BCUT2D eigenvalue weighted by atomic mass is 35.5. The van der Waals surface area contributed by atoms with E-state index in [1.165, 1.54) is 23.2 Å². The molecule has 0 radical (unpaired) electrons. The van der Waals surface area contributed by atoms with Gasteiger partial charge in [-0.3, -0.25) is 9.69 Å². The normalized spacial score (nSPS) is 10.4. The van der Waals surface area contributed by atoms with Gasteiger partial charge in [-0.2, -0.15) is 0 Å². The lowest BCUT2D eigenvalue weighted by Gasteiger charge is -2.18. The molecule has 144 valence electrons. The summed E-state index contributed by atoms with van der Waals surface area (Å²) in [5, 5.41) is 2.73. The number of hydrogen-bond acceptors (Lipinski definition) is 6. The molecule has 0 aliphatic rings. The smallest absolute Gasteiger partial charge is 0.344 e. The highest BCUT2D eigenvalue weighted by molar-refractivity contribution is 7.14. The Morgan fingerprint density at radius 1 is 1.14 bits per heavy atom. The largest absolute Gasteiger partial charge is 0.482 e. The molecular formula is C20H17ClN2O4S. The molecular weight excluding hydrogens is 400 g/mol. The number of esters is 1. The minimum Gasteiger partial charge on any atom is -0.482 e. The first-order valence-electron chi connectivity index (χ1n) is 8.37. The Labute approximate surface area is 171 Å². The molecule has 3 rings (SSSR count). The lowest BCUT2D eigenvalue weighted by atomic mass is 10.3. The van der Waals surface area contributed by atoms with Crippen LogP contribution >= 0.6 is 22.9 Å². The number of amides is 1. The third-order valence-corrected chi connectivity index (χ3v) is 4.70. The Morgan fingerprint density at radius 2 is 1.93 bits per heavy atom. The summed E-state index contributed by atoms with van der Waals surface area (Å²) in [7, 11) is 0. The zero-order valence-electron chi connectivity index (χ0n) is 15.0. The van der Waals surface area contributed by atoms with E-state index in [9.17, 15) is 9.59 Å². The monoisotopic (exact) mass is 416 g/mol. The van der Waals surface area contributed by atoms with Gasteiger partial charge >= 0.3 is 5.97 Å². The maximum Gasteiger partial charge on any atom is 0.344 e. The number of para-hydroxylation sites is 1. The minimum absolute atomic E-state index is 0.00518. The van der Waals surface area contributed by atoms with E-state index in [1.54, 1.807) is 41.8 Å². The summed E-state index contributed by atoms with van der Waals surface area (Å²) in [5.74, 6) is -0.109. The SMILES string of the molecule is CC(=O)N(c1cccc(Cl)c1)c1nc(COC(=O)COc2ccccc2)cs1. The molecule has 0 fully saturated rings. The van der Waals surface area contributed by atoms with Gasteiger partial charge < -0.3 is 9.47 Å². The highest BCUT2D eigenvalue weighted by Crippen LogP contribution is 2.30. The average Bonchev–Trinajstić information content (AvgIpc) is 3.14. The van der Waals surface area contributed by atoms with Crippen molar-refractivity contribution in [3.8, 4) is 5.75 Å². The summed E-state index contributed by atoms with van der Waals surface area (Å²) in [6, 6.07) is 16.0. The van der Waals surface area contributed by atoms with Gasteiger partial charge in [-0.25, -0.2) is 9.78 Å². The van der Waals surface area contributed by atoms with Gasteiger partial charge in [0.15, 0.2) is 11.7 Å². The standard InChI is InChI=1S/C20H17ClN2O4S/c1-14(24)23(17-7-5-6-15(21)10-17)20-22-16(13-28-20)11-27-19(25)12-26-18-8-3-2-4-9-18/h2-10,13H,11-12H2,1H3. The number of nitrogens with zero attached hydrogens (tertiary/aromatic N) is 2. The van der Waals surface area contributed by atoms with Crippen molar-refractivity contribution >= 4 is 45.6 Å². The molecule has 0 saturated carbocycles. The van der Waals surface area contributed by atoms with E-state index in [2.05, 4.69) is 4.98 Å². The second-order valence-electron chi connectivity index (χ2n) is 5.72. The predicted octanol–water partition coefficient (Wildman–Crippen LogP) is 4.60. The number of carbonyl (C=O) groups excluding carboxylic acids is 2. The molecule has 1 heterocycles. The van der Waals surface area contributed by atoms with Crippen LogP contribution in [-0.2, 0) is 20.9 Å². The maximum absolute atomic E-state index is 12.1. The fourth-order valence-corrected chi connectivity index (χ4v) is 3.42. The number of thiazole rings is 1. The van der Waals surface area contributed by atoms with E-state index in [-0.39, 0.29) is 19.1 Å². The first-order chi connectivity index (χ1) is 13.5. The summed E-state index contributed by atoms with van der Waals surface area (Å²) in [6.07, 6.45) is 0. The Morgan fingerprint density at radius 3 is 2.64 bits per heavy atom. The lowest BCUT2D eigenvalue weighted by Crippen LogP contribution is -2.22. The van der Waals surface area contributed by atoms with Crippen LogP contribution in [0.2, 0.25) is 5.02 Å². The summed E-state index contributed by atoms with van der Waals surface area (Å²) in [6.45, 7) is 1.25. The molecule has 6 nitrogen and oxygen atoms in total. The van der Waals surface area contributed by atoms with Gasteiger partial charge in [-0.05, 0) is 30.3 Å². The second kappa shape index (κ2) is 9.34. The van der Waals surface area contributed by atoms with Crippen molar-refractivity contribution in [3.63, 3.8) is 0 Å². The van der Waals surface area contributed by atoms with Crippen LogP contribution < -0.4 is 9.64 Å². The zero-order chi connectivity index (χ0) is 19.9. The Hall–Kier alpha value is -2.90. The summed E-state index contributed by atoms with van der Waals surface area (Å²) in [4.78, 5) is 29.8. The fourth-order valence-electron chi connectivity index (χ4n) is 2.36. The zero-order valence-corrected chi connectivity index (χ0v) is 16.6. The molecule has 0 N–H and O–H groups in total. The van der Waals surface area contributed by atoms with Crippen molar-refractivity contribution in [1.29, 1.82) is 0 Å². The Bertz CT molecular complexity index is 962. The van der Waals surface area contributed by atoms with Crippen molar-refractivity contribution in [2.75, 3.05) is 11.5 Å². The van der Waals surface area contributed by atoms with Gasteiger partial charge in [-0.1, -0.05) is 35.9 Å². The average molecular weight is 417 g/mol. The van der Waals surface area contributed by atoms with E-state index >= 15 is 0 Å². The molecule has 2 aromatic carbocycles. The number of rotatable bonds is 7. The molecule has 0 spiro atoms. The molecule has 8 heteroatoms. The van der Waals surface area contributed by atoms with Crippen LogP contribution in [0.25, 0.3) is 0 Å². The molecule has 28 heavy (non-hydrogen) atoms. The van der Waals surface area contributed by atoms with Crippen molar-refractivity contribution in [2.45, 2.75) is 13.5 Å². The topological polar surface area (TPSA) is 68.7 Å². The van der Waals surface area contributed by atoms with Gasteiger partial charge in [0.1, 0.15) is 12.4 Å². The molecule has 0 unspecified atom stereocenters. The Balaban J connectivity index is 1.59. The van der Waals surface area contributed by atoms with Gasteiger partial charge in [0, 0.05) is 17.3 Å². The maximum atomic E-state index is 12.1. The number of halogens is 1. The van der Waals surface area contributed by atoms with Crippen molar-refractivity contribution in [3.05, 3.63) is 70.7 Å². The molecule has 0 bridgehead atoms. The fraction of sp³-hybridized carbons (Fsp3) is 0.150. The van der Waals surface area contributed by atoms with Crippen molar-refractivity contribution in [2.24, 2.45) is 0 Å². The van der Waals surface area contributed by atoms with Crippen molar-refractivity contribution < 1.29 is 19.1 Å². The first kappa shape index (κ1) is 19.9. The van der Waals surface area contributed by atoms with E-state index in [0.29, 0.717) is 27.3 Å². The summed E-state index contributed by atoms with van der Waals surface area (Å²) >= 11 is 7.30. The van der Waals surface area contributed by atoms with E-state index in [4.69, 9.17) is 21.1 Å². The molecule has 1 amide bonds. The quantitative estimate of drug-likeness (QED) is 0.526. The van der Waals surface area contributed by atoms with Crippen LogP contribution in [0, 0.1) is 0 Å². The minimum atomic E-state index is -0.503. The van der Waals surface area contributed by atoms with Crippen LogP contribution in [0.3, 0.4) is 0 Å². The second-order valence-corrected chi connectivity index (χ2v) is 6.99. The van der Waals surface area contributed by atoms with Crippen LogP contribution in [0.5, 0.6) is 5.75 Å². The van der Waals surface area contributed by atoms with Gasteiger partial charge in [0.05, 0.1) is 11.4 Å². The van der Waals surface area contributed by atoms with Crippen LogP contribution in [-0.4, -0.2) is 23.5 Å². The molecule has 0 saturated heterocycles. The number of anilines is 2. The molecule has 1 aromatic heterocycles. The summed E-state index contributed by atoms with van der Waals surface area (Å²) in [5.41, 5.74) is 1.16. The van der Waals surface area contributed by atoms with E-state index < -0.39 is 5.97 Å². The summed E-state index contributed by atoms with van der Waals surface area (Å²) < 4.78 is 10.5. The van der Waals surface area contributed by atoms with Gasteiger partial charge in [0.25, 0.3) is 0 Å². The highest BCUT2D eigenvalue weighted by Gasteiger charge is 2.18. The van der Waals surface area contributed by atoms with E-state index in [1.807, 2.05) is 18.2 Å². The third kappa shape index (κ3) is 5.31. The molecule has 3 aromatic rings. The van der Waals surface area contributed by atoms with Gasteiger partial charge in [0.2, 0.25) is 5.91 Å². The number of hydrogen-bond donors (Lipinski definition) is 0. The number of aromatic nitrogens is 1. The molecule has 0 aliphatic carbocycles. The van der Waals surface area contributed by atoms with Gasteiger partial charge in [-0.15, -0.1) is 11.3 Å². The van der Waals surface area contributed by atoms with E-state index in [0.717, 1.165) is 0 Å². The number of ether oxygens (including phenoxy) is 2. The van der Waals surface area contributed by atoms with Crippen LogP contribution in [0.4, 0.5) is 10.8 Å². The molecule has 0 aliphatic heterocycles. The lowest BCUT2D eigenvalue weighted by molar-refractivity contribution is -0.147. The number of carbonyl (C=O) groups is 2. The third-order valence-electron chi connectivity index (χ3n) is 3.59. The van der Waals surface area contributed by atoms with Crippen molar-refractivity contribution in [1.82, 2.24) is 4.98 Å². The van der Waals surface area contributed by atoms with Crippen LogP contribution in [0.1, 0.15) is 12.6 Å².